The third kappa shape index (κ3) is 2.07. The van der Waals surface area contributed by atoms with E-state index in [0.29, 0.717) is 5.52 Å². The van der Waals surface area contributed by atoms with Crippen molar-refractivity contribution in [3.8, 4) is 0 Å². The van der Waals surface area contributed by atoms with Crippen molar-refractivity contribution in [1.82, 2.24) is 9.78 Å². The monoisotopic (exact) mass is 235 g/mol. The summed E-state index contributed by atoms with van der Waals surface area (Å²) in [5.41, 5.74) is 0.494. The van der Waals surface area contributed by atoms with Gasteiger partial charge < -0.3 is 4.74 Å². The molecule has 0 aliphatic heterocycles. The number of carbonyl (C=O) groups is 1. The van der Waals surface area contributed by atoms with Crippen molar-refractivity contribution in [3.05, 3.63) is 34.5 Å². The zero-order chi connectivity index (χ0) is 12.4. The quantitative estimate of drug-likeness (QED) is 0.452. The number of methoxy groups -OCH3 is 1. The molecule has 0 N–H and O–H groups in total. The summed E-state index contributed by atoms with van der Waals surface area (Å²) in [6.07, 6.45) is 1.54. The highest BCUT2D eigenvalue weighted by atomic mass is 16.6. The summed E-state index contributed by atoms with van der Waals surface area (Å²) in [5.74, 6) is -0.457. The maximum atomic E-state index is 11.1. The molecule has 0 saturated carbocycles. The number of hydrogen-bond acceptors (Lipinski definition) is 5. The van der Waals surface area contributed by atoms with Crippen molar-refractivity contribution >= 4 is 22.6 Å². The normalized spacial score (nSPS) is 10.4. The topological polar surface area (TPSA) is 87.3 Å². The number of nitro benzene ring substituents is 1. The molecule has 2 aromatic rings. The lowest BCUT2D eigenvalue weighted by molar-refractivity contribution is -0.384. The first kappa shape index (κ1) is 11.1. The van der Waals surface area contributed by atoms with E-state index >= 15 is 0 Å². The molecule has 0 fully saturated rings. The molecule has 0 amide bonds. The molecule has 1 aromatic heterocycles. The molecule has 17 heavy (non-hydrogen) atoms. The Balaban J connectivity index is 2.46. The fourth-order valence-electron chi connectivity index (χ4n) is 1.49. The van der Waals surface area contributed by atoms with Crippen LogP contribution in [0.4, 0.5) is 5.69 Å². The van der Waals surface area contributed by atoms with Crippen LogP contribution >= 0.6 is 0 Å². The van der Waals surface area contributed by atoms with Crippen molar-refractivity contribution < 1.29 is 14.5 Å². The van der Waals surface area contributed by atoms with E-state index < -0.39 is 10.9 Å². The SMILES string of the molecule is COC(=O)Cn1ncc2ccc([N+](=O)[O-])cc21. The Kier molecular flexibility index (Phi) is 2.73. The Morgan fingerprint density at radius 2 is 2.35 bits per heavy atom. The summed E-state index contributed by atoms with van der Waals surface area (Å²) < 4.78 is 5.89. The van der Waals surface area contributed by atoms with Gasteiger partial charge in [0.25, 0.3) is 5.69 Å². The third-order valence-electron chi connectivity index (χ3n) is 2.35. The summed E-state index contributed by atoms with van der Waals surface area (Å²) in [5, 5.41) is 15.4. The second-order valence-electron chi connectivity index (χ2n) is 3.38. The van der Waals surface area contributed by atoms with Gasteiger partial charge in [0.1, 0.15) is 6.54 Å². The van der Waals surface area contributed by atoms with E-state index in [1.165, 1.54) is 23.9 Å². The summed E-state index contributed by atoms with van der Waals surface area (Å²) >= 11 is 0. The van der Waals surface area contributed by atoms with E-state index in [2.05, 4.69) is 9.84 Å². The number of aromatic nitrogens is 2. The van der Waals surface area contributed by atoms with Gasteiger partial charge >= 0.3 is 5.97 Å². The molecule has 7 heteroatoms. The summed E-state index contributed by atoms with van der Waals surface area (Å²) in [6, 6.07) is 4.37. The standard InChI is InChI=1S/C10H9N3O4/c1-17-10(14)6-12-9-4-8(13(15)16)3-2-7(9)5-11-12/h2-5H,6H2,1H3. The predicted molar refractivity (Wildman–Crippen MR) is 58.4 cm³/mol. The summed E-state index contributed by atoms with van der Waals surface area (Å²) in [4.78, 5) is 21.3. The number of benzene rings is 1. The summed E-state index contributed by atoms with van der Waals surface area (Å²) in [6.45, 7) is -0.0683. The van der Waals surface area contributed by atoms with Gasteiger partial charge in [-0.05, 0) is 6.07 Å². The van der Waals surface area contributed by atoms with Crippen LogP contribution in [0.5, 0.6) is 0 Å². The molecule has 7 nitrogen and oxygen atoms in total. The molecule has 2 rings (SSSR count). The zero-order valence-corrected chi connectivity index (χ0v) is 8.99. The molecule has 1 heterocycles. The number of non-ortho nitro benzene ring substituents is 1. The molecule has 1 aromatic carbocycles. The Hall–Kier alpha value is -2.44. The molecular weight excluding hydrogens is 226 g/mol. The van der Waals surface area contributed by atoms with Crippen LogP contribution in [-0.2, 0) is 16.1 Å². The Morgan fingerprint density at radius 3 is 3.00 bits per heavy atom. The second-order valence-corrected chi connectivity index (χ2v) is 3.38. The van der Waals surface area contributed by atoms with Gasteiger partial charge in [0.05, 0.1) is 23.7 Å². The van der Waals surface area contributed by atoms with Crippen LogP contribution in [0, 0.1) is 10.1 Å². The Morgan fingerprint density at radius 1 is 1.59 bits per heavy atom. The van der Waals surface area contributed by atoms with E-state index in [-0.39, 0.29) is 12.2 Å². The van der Waals surface area contributed by atoms with Gasteiger partial charge in [-0.1, -0.05) is 0 Å². The average molecular weight is 235 g/mol. The number of esters is 1. The molecule has 0 bridgehead atoms. The van der Waals surface area contributed by atoms with Gasteiger partial charge in [-0.2, -0.15) is 5.10 Å². The minimum absolute atomic E-state index is 0.0379. The van der Waals surface area contributed by atoms with Gasteiger partial charge in [0.2, 0.25) is 0 Å². The fraction of sp³-hybridized carbons (Fsp3) is 0.200. The van der Waals surface area contributed by atoms with Crippen LogP contribution in [0.1, 0.15) is 0 Å². The zero-order valence-electron chi connectivity index (χ0n) is 8.99. The maximum absolute atomic E-state index is 11.1. The molecular formula is C10H9N3O4. The van der Waals surface area contributed by atoms with Crippen LogP contribution < -0.4 is 0 Å². The van der Waals surface area contributed by atoms with E-state index in [1.807, 2.05) is 0 Å². The number of carbonyl (C=O) groups excluding carboxylic acids is 1. The van der Waals surface area contributed by atoms with E-state index in [9.17, 15) is 14.9 Å². The Labute approximate surface area is 95.7 Å². The van der Waals surface area contributed by atoms with Crippen molar-refractivity contribution in [2.75, 3.05) is 7.11 Å². The number of fused-ring (bicyclic) bond motifs is 1. The maximum Gasteiger partial charge on any atom is 0.327 e. The molecule has 0 unspecified atom stereocenters. The highest BCUT2D eigenvalue weighted by Crippen LogP contribution is 2.20. The molecule has 0 spiro atoms. The lowest BCUT2D eigenvalue weighted by atomic mass is 10.2. The number of hydrogen-bond donors (Lipinski definition) is 0. The molecule has 0 saturated heterocycles. The van der Waals surface area contributed by atoms with Gasteiger partial charge in [-0.25, -0.2) is 0 Å². The molecule has 0 atom stereocenters. The number of nitro groups is 1. The first-order valence-corrected chi connectivity index (χ1v) is 4.78. The van der Waals surface area contributed by atoms with Crippen LogP contribution in [0.15, 0.2) is 24.4 Å². The lowest BCUT2D eigenvalue weighted by Gasteiger charge is -2.01. The van der Waals surface area contributed by atoms with Gasteiger partial charge in [0.15, 0.2) is 0 Å². The van der Waals surface area contributed by atoms with E-state index in [0.717, 1.165) is 5.39 Å². The Bertz CT molecular complexity index is 590. The third-order valence-corrected chi connectivity index (χ3v) is 2.35. The first-order valence-electron chi connectivity index (χ1n) is 4.78. The minimum Gasteiger partial charge on any atom is -0.468 e. The average Bonchev–Trinajstić information content (AvgIpc) is 2.71. The van der Waals surface area contributed by atoms with Crippen LogP contribution in [0.2, 0.25) is 0 Å². The van der Waals surface area contributed by atoms with Crippen LogP contribution in [-0.4, -0.2) is 27.8 Å². The van der Waals surface area contributed by atoms with E-state index in [4.69, 9.17) is 0 Å². The minimum atomic E-state index is -0.491. The summed E-state index contributed by atoms with van der Waals surface area (Å²) in [7, 11) is 1.27. The van der Waals surface area contributed by atoms with Gasteiger partial charge in [-0.3, -0.25) is 19.6 Å². The van der Waals surface area contributed by atoms with Crippen molar-refractivity contribution in [2.24, 2.45) is 0 Å². The molecule has 0 aliphatic rings. The van der Waals surface area contributed by atoms with Crippen LogP contribution in [0.25, 0.3) is 10.9 Å². The van der Waals surface area contributed by atoms with Crippen molar-refractivity contribution in [2.45, 2.75) is 6.54 Å². The number of ether oxygens (including phenoxy) is 1. The highest BCUT2D eigenvalue weighted by molar-refractivity contribution is 5.82. The smallest absolute Gasteiger partial charge is 0.327 e. The van der Waals surface area contributed by atoms with Crippen molar-refractivity contribution in [1.29, 1.82) is 0 Å². The van der Waals surface area contributed by atoms with Crippen LogP contribution in [0.3, 0.4) is 0 Å². The molecule has 88 valence electrons. The lowest BCUT2D eigenvalue weighted by Crippen LogP contribution is -2.12. The fourth-order valence-corrected chi connectivity index (χ4v) is 1.49. The molecule has 0 radical (unpaired) electrons. The van der Waals surface area contributed by atoms with Gasteiger partial charge in [-0.15, -0.1) is 0 Å². The van der Waals surface area contributed by atoms with Crippen molar-refractivity contribution in [3.63, 3.8) is 0 Å². The number of nitrogens with zero attached hydrogens (tertiary/aromatic N) is 3. The highest BCUT2D eigenvalue weighted by Gasteiger charge is 2.12. The largest absolute Gasteiger partial charge is 0.468 e. The second kappa shape index (κ2) is 4.20. The predicted octanol–water partition coefficient (Wildman–Crippen LogP) is 1.12. The number of rotatable bonds is 3. The van der Waals surface area contributed by atoms with E-state index in [1.54, 1.807) is 12.3 Å². The first-order chi connectivity index (χ1) is 8.11. The molecule has 0 aliphatic carbocycles. The van der Waals surface area contributed by atoms with Gasteiger partial charge in [0, 0.05) is 17.5 Å².